The van der Waals surface area contributed by atoms with Crippen LogP contribution in [0.5, 0.6) is 0 Å². The molecule has 0 bridgehead atoms. The van der Waals surface area contributed by atoms with Crippen molar-refractivity contribution in [1.29, 1.82) is 0 Å². The maximum Gasteiger partial charge on any atom is 0.301 e. The van der Waals surface area contributed by atoms with Crippen molar-refractivity contribution >= 4 is 33.7 Å². The number of hydrogen-bond donors (Lipinski definition) is 1. The Labute approximate surface area is 195 Å². The molecule has 0 aliphatic carbocycles. The summed E-state index contributed by atoms with van der Waals surface area (Å²) in [6.45, 7) is 3.85. The van der Waals surface area contributed by atoms with Gasteiger partial charge in [-0.25, -0.2) is 0 Å². The number of nitro groups is 2. The molecule has 1 aromatic heterocycles. The average molecular weight is 458 g/mol. The summed E-state index contributed by atoms with van der Waals surface area (Å²) in [5, 5.41) is 27.5. The molecule has 9 heteroatoms. The Morgan fingerprint density at radius 1 is 1.00 bits per heavy atom. The molecule has 0 aliphatic rings. The number of furan rings is 1. The number of non-ortho nitro benzene ring substituents is 1. The zero-order valence-electron chi connectivity index (χ0n) is 18.6. The molecular formula is C25H22N4O5. The molecule has 0 radical (unpaired) electrons. The van der Waals surface area contributed by atoms with Crippen LogP contribution in [-0.2, 0) is 6.42 Å². The zero-order valence-corrected chi connectivity index (χ0v) is 18.6. The number of nitrogens with one attached hydrogen (secondary N) is 1. The molecular weight excluding hydrogens is 436 g/mol. The second-order valence-electron chi connectivity index (χ2n) is 7.94. The Morgan fingerprint density at radius 2 is 1.74 bits per heavy atom. The van der Waals surface area contributed by atoms with Gasteiger partial charge in [-0.3, -0.25) is 25.7 Å². The third-order valence-electron chi connectivity index (χ3n) is 5.48. The Balaban J connectivity index is 1.56. The van der Waals surface area contributed by atoms with Gasteiger partial charge in [-0.05, 0) is 38.0 Å². The highest BCUT2D eigenvalue weighted by Crippen LogP contribution is 2.36. The lowest BCUT2D eigenvalue weighted by Crippen LogP contribution is -2.02. The number of aryl methyl sites for hydroxylation is 2. The summed E-state index contributed by atoms with van der Waals surface area (Å²) in [5.41, 5.74) is 6.78. The van der Waals surface area contributed by atoms with E-state index in [4.69, 9.17) is 4.42 Å². The van der Waals surface area contributed by atoms with Crippen molar-refractivity contribution < 1.29 is 14.3 Å². The first-order valence-electron chi connectivity index (χ1n) is 10.6. The molecule has 0 atom stereocenters. The van der Waals surface area contributed by atoms with Crippen LogP contribution in [0, 0.1) is 27.2 Å². The quantitative estimate of drug-likeness (QED) is 0.179. The molecule has 172 valence electrons. The van der Waals surface area contributed by atoms with Crippen LogP contribution >= 0.6 is 0 Å². The molecule has 0 aliphatic heterocycles. The van der Waals surface area contributed by atoms with Crippen molar-refractivity contribution in [3.8, 4) is 11.1 Å². The Hall–Kier alpha value is -4.53. The van der Waals surface area contributed by atoms with Gasteiger partial charge in [0.2, 0.25) is 0 Å². The summed E-state index contributed by atoms with van der Waals surface area (Å²) >= 11 is 0. The molecule has 4 aromatic rings. The van der Waals surface area contributed by atoms with Crippen molar-refractivity contribution in [2.24, 2.45) is 5.10 Å². The lowest BCUT2D eigenvalue weighted by Gasteiger charge is -2.06. The molecule has 3 aromatic carbocycles. The number of hydrazone groups is 1. The van der Waals surface area contributed by atoms with E-state index in [-0.39, 0.29) is 11.4 Å². The fourth-order valence-corrected chi connectivity index (χ4v) is 3.69. The number of hydrogen-bond acceptors (Lipinski definition) is 7. The Bertz CT molecular complexity index is 1410. The molecule has 1 N–H and O–H groups in total. The van der Waals surface area contributed by atoms with E-state index in [0.29, 0.717) is 18.6 Å². The molecule has 0 amide bonds. The number of rotatable bonds is 8. The highest BCUT2D eigenvalue weighted by molar-refractivity contribution is 5.96. The van der Waals surface area contributed by atoms with Gasteiger partial charge in [-0.2, -0.15) is 5.10 Å². The summed E-state index contributed by atoms with van der Waals surface area (Å²) in [4.78, 5) is 20.9. The third kappa shape index (κ3) is 4.78. The van der Waals surface area contributed by atoms with Gasteiger partial charge in [0.15, 0.2) is 0 Å². The van der Waals surface area contributed by atoms with Gasteiger partial charge in [0.25, 0.3) is 5.69 Å². The number of para-hydroxylation sites is 1. The SMILES string of the molecule is C/C(CCc1oc2ccccc2c1-c1ccc(C)cc1)=N/Nc1ccc([N+](=O)[O-])cc1[N+](=O)[O-]. The van der Waals surface area contributed by atoms with Gasteiger partial charge in [0, 0.05) is 29.1 Å². The summed E-state index contributed by atoms with van der Waals surface area (Å²) in [6, 6.07) is 19.6. The van der Waals surface area contributed by atoms with Gasteiger partial charge in [0.1, 0.15) is 17.0 Å². The minimum absolute atomic E-state index is 0.0824. The predicted molar refractivity (Wildman–Crippen MR) is 131 cm³/mol. The minimum atomic E-state index is -0.678. The molecule has 0 spiro atoms. The molecule has 1 heterocycles. The molecule has 34 heavy (non-hydrogen) atoms. The highest BCUT2D eigenvalue weighted by Gasteiger charge is 2.19. The van der Waals surface area contributed by atoms with E-state index in [1.807, 2.05) is 31.2 Å². The summed E-state index contributed by atoms with van der Waals surface area (Å²) in [7, 11) is 0. The third-order valence-corrected chi connectivity index (χ3v) is 5.48. The van der Waals surface area contributed by atoms with Gasteiger partial charge >= 0.3 is 5.69 Å². The highest BCUT2D eigenvalue weighted by atomic mass is 16.6. The molecule has 4 rings (SSSR count). The van der Waals surface area contributed by atoms with E-state index >= 15 is 0 Å². The Kier molecular flexibility index (Phi) is 6.35. The van der Waals surface area contributed by atoms with Crippen LogP contribution in [0.4, 0.5) is 17.1 Å². The summed E-state index contributed by atoms with van der Waals surface area (Å²) in [5.74, 6) is 0.834. The minimum Gasteiger partial charge on any atom is -0.460 e. The summed E-state index contributed by atoms with van der Waals surface area (Å²) < 4.78 is 6.15. The number of nitro benzene ring substituents is 2. The van der Waals surface area contributed by atoms with Crippen molar-refractivity contribution in [3.63, 3.8) is 0 Å². The largest absolute Gasteiger partial charge is 0.460 e. The van der Waals surface area contributed by atoms with E-state index in [0.717, 1.165) is 33.9 Å². The van der Waals surface area contributed by atoms with Gasteiger partial charge in [0.05, 0.1) is 15.9 Å². The Morgan fingerprint density at radius 3 is 2.44 bits per heavy atom. The normalized spacial score (nSPS) is 11.5. The van der Waals surface area contributed by atoms with Crippen molar-refractivity contribution in [3.05, 3.63) is 98.3 Å². The number of nitrogens with zero attached hydrogens (tertiary/aromatic N) is 3. The fraction of sp³-hybridized carbons (Fsp3) is 0.160. The van der Waals surface area contributed by atoms with Gasteiger partial charge < -0.3 is 4.42 Å². The van der Waals surface area contributed by atoms with Crippen LogP contribution < -0.4 is 5.43 Å². The van der Waals surface area contributed by atoms with Crippen molar-refractivity contribution in [2.45, 2.75) is 26.7 Å². The number of benzene rings is 3. The van der Waals surface area contributed by atoms with E-state index in [1.165, 1.54) is 17.7 Å². The second-order valence-corrected chi connectivity index (χ2v) is 7.94. The van der Waals surface area contributed by atoms with Crippen molar-refractivity contribution in [2.75, 3.05) is 5.43 Å². The standard InChI is InChI=1S/C25H22N4O5/c1-16-7-10-18(11-8-16)25-20-5-3-4-6-23(20)34-24(25)14-9-17(2)26-27-21-13-12-19(28(30)31)15-22(21)29(32)33/h3-8,10-13,15,27H,9,14H2,1-2H3/b26-17-. The van der Waals surface area contributed by atoms with E-state index in [2.05, 4.69) is 34.8 Å². The molecule has 9 nitrogen and oxygen atoms in total. The first-order valence-corrected chi connectivity index (χ1v) is 10.6. The predicted octanol–water partition coefficient (Wildman–Crippen LogP) is 6.65. The van der Waals surface area contributed by atoms with Crippen molar-refractivity contribution in [1.82, 2.24) is 0 Å². The topological polar surface area (TPSA) is 124 Å². The average Bonchev–Trinajstić information content (AvgIpc) is 3.20. The molecule has 0 saturated heterocycles. The van der Waals surface area contributed by atoms with Crippen LogP contribution in [0.2, 0.25) is 0 Å². The lowest BCUT2D eigenvalue weighted by atomic mass is 9.99. The smallest absolute Gasteiger partial charge is 0.301 e. The molecule has 0 fully saturated rings. The van der Waals surface area contributed by atoms with Crippen LogP contribution in [0.3, 0.4) is 0 Å². The first-order chi connectivity index (χ1) is 16.3. The zero-order chi connectivity index (χ0) is 24.2. The van der Waals surface area contributed by atoms with E-state index < -0.39 is 15.5 Å². The van der Waals surface area contributed by atoms with Gasteiger partial charge in [-0.1, -0.05) is 48.0 Å². The van der Waals surface area contributed by atoms with Gasteiger partial charge in [-0.15, -0.1) is 0 Å². The van der Waals surface area contributed by atoms with Crippen LogP contribution in [0.1, 0.15) is 24.7 Å². The monoisotopic (exact) mass is 458 g/mol. The maximum atomic E-state index is 11.3. The van der Waals surface area contributed by atoms with E-state index in [9.17, 15) is 20.2 Å². The number of fused-ring (bicyclic) bond motifs is 1. The van der Waals surface area contributed by atoms with Crippen LogP contribution in [-0.4, -0.2) is 15.6 Å². The fourth-order valence-electron chi connectivity index (χ4n) is 3.69. The number of anilines is 1. The van der Waals surface area contributed by atoms with E-state index in [1.54, 1.807) is 6.92 Å². The van der Waals surface area contributed by atoms with Crippen LogP contribution in [0.15, 0.2) is 76.2 Å². The first kappa shape index (κ1) is 22.7. The molecule has 0 unspecified atom stereocenters. The maximum absolute atomic E-state index is 11.3. The second kappa shape index (κ2) is 9.53. The lowest BCUT2D eigenvalue weighted by molar-refractivity contribution is -0.393. The molecule has 0 saturated carbocycles. The van der Waals surface area contributed by atoms with Crippen LogP contribution in [0.25, 0.3) is 22.1 Å². The summed E-state index contributed by atoms with van der Waals surface area (Å²) in [6.07, 6.45) is 1.13.